The number of imide groups is 1. The van der Waals surface area contributed by atoms with Gasteiger partial charge in [-0.05, 0) is 24.3 Å². The van der Waals surface area contributed by atoms with Crippen LogP contribution >= 0.6 is 11.8 Å². The van der Waals surface area contributed by atoms with E-state index in [2.05, 4.69) is 10.3 Å². The largest absolute Gasteiger partial charge is 0.399 e. The van der Waals surface area contributed by atoms with Crippen molar-refractivity contribution in [3.8, 4) is 0 Å². The highest BCUT2D eigenvalue weighted by Gasteiger charge is 2.20. The predicted octanol–water partition coefficient (Wildman–Crippen LogP) is -0.256. The SMILES string of the molecule is Nc1ccc(C(=O)NC(=O)C(=O)NC2=NCCS2)cc1. The van der Waals surface area contributed by atoms with E-state index in [9.17, 15) is 14.4 Å². The number of amides is 3. The molecule has 0 bridgehead atoms. The lowest BCUT2D eigenvalue weighted by atomic mass is 10.2. The molecule has 0 aliphatic carbocycles. The average Bonchev–Trinajstić information content (AvgIpc) is 2.92. The van der Waals surface area contributed by atoms with Gasteiger partial charge in [0.05, 0.1) is 6.54 Å². The number of carbonyl (C=O) groups excluding carboxylic acids is 3. The number of anilines is 1. The zero-order valence-electron chi connectivity index (χ0n) is 10.4. The molecule has 1 aromatic rings. The lowest BCUT2D eigenvalue weighted by molar-refractivity contribution is -0.137. The maximum absolute atomic E-state index is 11.7. The Hall–Kier alpha value is -2.35. The van der Waals surface area contributed by atoms with E-state index in [1.807, 2.05) is 5.32 Å². The molecule has 20 heavy (non-hydrogen) atoms. The molecule has 0 saturated carbocycles. The highest BCUT2D eigenvalue weighted by atomic mass is 32.2. The molecule has 3 amide bonds. The molecular formula is C12H12N4O3S. The van der Waals surface area contributed by atoms with Crippen molar-refractivity contribution in [2.75, 3.05) is 18.0 Å². The number of aliphatic imine (C=N–C) groups is 1. The molecule has 0 saturated heterocycles. The van der Waals surface area contributed by atoms with Gasteiger partial charge < -0.3 is 5.73 Å². The van der Waals surface area contributed by atoms with Crippen molar-refractivity contribution in [2.24, 2.45) is 4.99 Å². The molecule has 0 atom stereocenters. The van der Waals surface area contributed by atoms with Gasteiger partial charge in [0.25, 0.3) is 5.91 Å². The average molecular weight is 292 g/mol. The number of nitrogens with two attached hydrogens (primary N) is 1. The van der Waals surface area contributed by atoms with Gasteiger partial charge in [-0.3, -0.25) is 30.0 Å². The molecule has 4 N–H and O–H groups in total. The summed E-state index contributed by atoms with van der Waals surface area (Å²) < 4.78 is 0. The van der Waals surface area contributed by atoms with Gasteiger partial charge in [-0.15, -0.1) is 0 Å². The summed E-state index contributed by atoms with van der Waals surface area (Å²) in [5.41, 5.74) is 6.23. The van der Waals surface area contributed by atoms with E-state index in [1.165, 1.54) is 36.0 Å². The molecule has 1 heterocycles. The highest BCUT2D eigenvalue weighted by molar-refractivity contribution is 8.14. The summed E-state index contributed by atoms with van der Waals surface area (Å²) in [4.78, 5) is 38.8. The van der Waals surface area contributed by atoms with E-state index < -0.39 is 17.7 Å². The number of nitrogens with one attached hydrogen (secondary N) is 2. The normalized spacial score (nSPS) is 13.5. The molecule has 1 aromatic carbocycles. The molecule has 0 radical (unpaired) electrons. The van der Waals surface area contributed by atoms with Gasteiger partial charge in [-0.25, -0.2) is 0 Å². The van der Waals surface area contributed by atoms with Gasteiger partial charge in [-0.1, -0.05) is 11.8 Å². The van der Waals surface area contributed by atoms with Crippen LogP contribution in [0.4, 0.5) is 5.69 Å². The zero-order chi connectivity index (χ0) is 14.5. The Labute approximate surface area is 119 Å². The highest BCUT2D eigenvalue weighted by Crippen LogP contribution is 2.08. The Morgan fingerprint density at radius 2 is 1.85 bits per heavy atom. The van der Waals surface area contributed by atoms with Crippen LogP contribution in [0.2, 0.25) is 0 Å². The summed E-state index contributed by atoms with van der Waals surface area (Å²) in [6, 6.07) is 5.99. The van der Waals surface area contributed by atoms with Crippen LogP contribution in [0.25, 0.3) is 0 Å². The molecule has 8 heteroatoms. The molecule has 0 aromatic heterocycles. The third kappa shape index (κ3) is 3.58. The van der Waals surface area contributed by atoms with Gasteiger partial charge in [0.15, 0.2) is 5.17 Å². The first kappa shape index (κ1) is 14.1. The first-order valence-electron chi connectivity index (χ1n) is 5.76. The van der Waals surface area contributed by atoms with E-state index in [0.717, 1.165) is 5.75 Å². The van der Waals surface area contributed by atoms with Gasteiger partial charge in [0, 0.05) is 17.0 Å². The van der Waals surface area contributed by atoms with Crippen molar-refractivity contribution < 1.29 is 14.4 Å². The fourth-order valence-electron chi connectivity index (χ4n) is 1.43. The van der Waals surface area contributed by atoms with Crippen LogP contribution < -0.4 is 16.4 Å². The zero-order valence-corrected chi connectivity index (χ0v) is 11.2. The summed E-state index contributed by atoms with van der Waals surface area (Å²) in [6.07, 6.45) is 0. The number of rotatable bonds is 1. The summed E-state index contributed by atoms with van der Waals surface area (Å²) in [5.74, 6) is -1.84. The lowest BCUT2D eigenvalue weighted by Crippen LogP contribution is -2.43. The fourth-order valence-corrected chi connectivity index (χ4v) is 2.15. The van der Waals surface area contributed by atoms with Crippen LogP contribution in [0.5, 0.6) is 0 Å². The Bertz CT molecular complexity index is 583. The number of hydrogen-bond acceptors (Lipinski definition) is 6. The number of amidine groups is 1. The van der Waals surface area contributed by atoms with Crippen molar-refractivity contribution in [3.63, 3.8) is 0 Å². The predicted molar refractivity (Wildman–Crippen MR) is 76.2 cm³/mol. The smallest absolute Gasteiger partial charge is 0.316 e. The summed E-state index contributed by atoms with van der Waals surface area (Å²) in [6.45, 7) is 0.603. The first-order chi connectivity index (χ1) is 9.56. The monoisotopic (exact) mass is 292 g/mol. The molecule has 0 unspecified atom stereocenters. The molecule has 104 valence electrons. The van der Waals surface area contributed by atoms with Crippen LogP contribution in [0.15, 0.2) is 29.3 Å². The third-order valence-electron chi connectivity index (χ3n) is 2.41. The second kappa shape index (κ2) is 6.20. The van der Waals surface area contributed by atoms with E-state index in [-0.39, 0.29) is 5.56 Å². The number of hydrogen-bond donors (Lipinski definition) is 3. The summed E-state index contributed by atoms with van der Waals surface area (Å²) >= 11 is 1.34. The Kier molecular flexibility index (Phi) is 4.36. The minimum atomic E-state index is -1.03. The molecule has 2 rings (SSSR count). The van der Waals surface area contributed by atoms with Crippen LogP contribution in [0.3, 0.4) is 0 Å². The number of thioether (sulfide) groups is 1. The van der Waals surface area contributed by atoms with E-state index in [0.29, 0.717) is 17.4 Å². The molecule has 7 nitrogen and oxygen atoms in total. The van der Waals surface area contributed by atoms with Gasteiger partial charge in [-0.2, -0.15) is 0 Å². The van der Waals surface area contributed by atoms with Crippen LogP contribution in [-0.2, 0) is 9.59 Å². The van der Waals surface area contributed by atoms with Crippen LogP contribution in [-0.4, -0.2) is 35.2 Å². The molecule has 0 spiro atoms. The minimum absolute atomic E-state index is 0.243. The van der Waals surface area contributed by atoms with E-state index >= 15 is 0 Å². The molecule has 1 aliphatic rings. The van der Waals surface area contributed by atoms with Crippen molar-refractivity contribution in [1.29, 1.82) is 0 Å². The van der Waals surface area contributed by atoms with Crippen molar-refractivity contribution in [1.82, 2.24) is 10.6 Å². The summed E-state index contributed by atoms with van der Waals surface area (Å²) in [7, 11) is 0. The number of carbonyl (C=O) groups is 3. The first-order valence-corrected chi connectivity index (χ1v) is 6.74. The molecular weight excluding hydrogens is 280 g/mol. The van der Waals surface area contributed by atoms with Crippen LogP contribution in [0, 0.1) is 0 Å². The number of benzene rings is 1. The fraction of sp³-hybridized carbons (Fsp3) is 0.167. The maximum Gasteiger partial charge on any atom is 0.316 e. The van der Waals surface area contributed by atoms with Crippen LogP contribution in [0.1, 0.15) is 10.4 Å². The van der Waals surface area contributed by atoms with Gasteiger partial charge in [0.2, 0.25) is 0 Å². The topological polar surface area (TPSA) is 114 Å². The maximum atomic E-state index is 11.7. The van der Waals surface area contributed by atoms with Crippen molar-refractivity contribution in [2.45, 2.75) is 0 Å². The Morgan fingerprint density at radius 3 is 2.45 bits per heavy atom. The van der Waals surface area contributed by atoms with E-state index in [1.54, 1.807) is 0 Å². The van der Waals surface area contributed by atoms with Gasteiger partial charge in [0.1, 0.15) is 0 Å². The van der Waals surface area contributed by atoms with E-state index in [4.69, 9.17) is 5.73 Å². The quantitative estimate of drug-likeness (QED) is 0.487. The summed E-state index contributed by atoms with van der Waals surface area (Å²) in [5, 5.41) is 4.72. The standard InChI is InChI=1S/C12H12N4O3S/c13-8-3-1-7(2-4-8)9(17)15-10(18)11(19)16-12-14-5-6-20-12/h1-4H,5-6,13H2,(H,14,16,19)(H,15,17,18). The Balaban J connectivity index is 1.91. The van der Waals surface area contributed by atoms with Crippen molar-refractivity contribution >= 4 is 40.3 Å². The molecule has 1 aliphatic heterocycles. The third-order valence-corrected chi connectivity index (χ3v) is 3.30. The molecule has 0 fully saturated rings. The lowest BCUT2D eigenvalue weighted by Gasteiger charge is -2.05. The number of nitrogen functional groups attached to an aromatic ring is 1. The number of nitrogens with zero attached hydrogens (tertiary/aromatic N) is 1. The minimum Gasteiger partial charge on any atom is -0.399 e. The second-order valence-corrected chi connectivity index (χ2v) is 4.98. The second-order valence-electron chi connectivity index (χ2n) is 3.89. The Morgan fingerprint density at radius 1 is 1.15 bits per heavy atom. The van der Waals surface area contributed by atoms with Crippen molar-refractivity contribution in [3.05, 3.63) is 29.8 Å². The van der Waals surface area contributed by atoms with Gasteiger partial charge >= 0.3 is 11.8 Å².